The number of hydrogen-bond donors (Lipinski definition) is 0. The maximum Gasteiger partial charge on any atom is 0.181 e. The second kappa shape index (κ2) is 5.43. The van der Waals surface area contributed by atoms with E-state index in [2.05, 4.69) is 17.2 Å². The van der Waals surface area contributed by atoms with Crippen molar-refractivity contribution in [3.05, 3.63) is 48.0 Å². The van der Waals surface area contributed by atoms with Crippen molar-refractivity contribution in [1.29, 1.82) is 0 Å². The molecule has 1 aromatic heterocycles. The third-order valence-electron chi connectivity index (χ3n) is 4.15. The highest BCUT2D eigenvalue weighted by Crippen LogP contribution is 2.32. The summed E-state index contributed by atoms with van der Waals surface area (Å²) < 4.78 is 12.6. The minimum absolute atomic E-state index is 0.725. The van der Waals surface area contributed by atoms with Crippen LogP contribution in [0.1, 0.15) is 5.56 Å². The Morgan fingerprint density at radius 1 is 1.00 bits per heavy atom. The monoisotopic (exact) mass is 307 g/mol. The maximum atomic E-state index is 5.31. The summed E-state index contributed by atoms with van der Waals surface area (Å²) in [5.74, 6) is 3.32. The van der Waals surface area contributed by atoms with Gasteiger partial charge >= 0.3 is 0 Å². The van der Waals surface area contributed by atoms with Gasteiger partial charge in [0, 0.05) is 17.7 Å². The molecular weight excluding hydrogens is 290 g/mol. The summed E-state index contributed by atoms with van der Waals surface area (Å²) in [6.07, 6.45) is 0.931. The largest absolute Gasteiger partial charge is 0.497 e. The molecule has 1 aliphatic heterocycles. The van der Waals surface area contributed by atoms with E-state index in [4.69, 9.17) is 14.5 Å². The normalized spacial score (nSPS) is 12.4. The number of fused-ring (bicyclic) bond motifs is 3. The molecule has 0 aliphatic carbocycles. The van der Waals surface area contributed by atoms with E-state index in [1.54, 1.807) is 14.2 Å². The summed E-state index contributed by atoms with van der Waals surface area (Å²) in [5, 5.41) is 4.66. The Balaban J connectivity index is 1.79. The molecular formula is C18H17N3O2. The predicted molar refractivity (Wildman–Crippen MR) is 87.7 cm³/mol. The number of nitrogens with zero attached hydrogens (tertiary/aromatic N) is 3. The lowest BCUT2D eigenvalue weighted by atomic mass is 10.0. The maximum absolute atomic E-state index is 5.31. The molecule has 5 heteroatoms. The van der Waals surface area contributed by atoms with Crippen molar-refractivity contribution < 1.29 is 9.47 Å². The number of aromatic nitrogens is 3. The van der Waals surface area contributed by atoms with Gasteiger partial charge in [-0.25, -0.2) is 9.67 Å². The van der Waals surface area contributed by atoms with E-state index in [-0.39, 0.29) is 0 Å². The fraction of sp³-hybridized carbons (Fsp3) is 0.222. The van der Waals surface area contributed by atoms with Gasteiger partial charge in [-0.2, -0.15) is 5.10 Å². The van der Waals surface area contributed by atoms with Gasteiger partial charge in [0.15, 0.2) is 11.6 Å². The molecule has 3 aromatic rings. The van der Waals surface area contributed by atoms with Crippen LogP contribution < -0.4 is 9.47 Å². The van der Waals surface area contributed by atoms with Crippen LogP contribution in [0.4, 0.5) is 0 Å². The van der Waals surface area contributed by atoms with Crippen molar-refractivity contribution >= 4 is 0 Å². The van der Waals surface area contributed by atoms with E-state index in [9.17, 15) is 0 Å². The third-order valence-corrected chi connectivity index (χ3v) is 4.15. The molecule has 116 valence electrons. The molecule has 5 nitrogen and oxygen atoms in total. The fourth-order valence-corrected chi connectivity index (χ4v) is 2.93. The van der Waals surface area contributed by atoms with E-state index >= 15 is 0 Å². The van der Waals surface area contributed by atoms with E-state index in [1.165, 1.54) is 5.56 Å². The quantitative estimate of drug-likeness (QED) is 0.745. The molecule has 0 saturated carbocycles. The van der Waals surface area contributed by atoms with Crippen LogP contribution in [0.5, 0.6) is 11.5 Å². The highest BCUT2D eigenvalue weighted by molar-refractivity contribution is 5.67. The molecule has 0 amide bonds. The Morgan fingerprint density at radius 3 is 2.65 bits per heavy atom. The van der Waals surface area contributed by atoms with Crippen LogP contribution in [-0.4, -0.2) is 29.0 Å². The first-order valence-electron chi connectivity index (χ1n) is 7.55. The van der Waals surface area contributed by atoms with Crippen molar-refractivity contribution in [2.24, 2.45) is 0 Å². The Labute approximate surface area is 134 Å². The molecule has 23 heavy (non-hydrogen) atoms. The summed E-state index contributed by atoms with van der Waals surface area (Å²) in [7, 11) is 3.35. The number of benzene rings is 2. The van der Waals surface area contributed by atoms with Crippen molar-refractivity contribution in [3.8, 4) is 34.3 Å². The van der Waals surface area contributed by atoms with E-state index in [1.807, 2.05) is 35.0 Å². The molecule has 2 aromatic carbocycles. The molecule has 0 spiro atoms. The van der Waals surface area contributed by atoms with Gasteiger partial charge in [0.2, 0.25) is 0 Å². The van der Waals surface area contributed by atoms with Crippen LogP contribution in [0.3, 0.4) is 0 Å². The van der Waals surface area contributed by atoms with Crippen molar-refractivity contribution in [1.82, 2.24) is 14.8 Å². The van der Waals surface area contributed by atoms with Gasteiger partial charge in [0.25, 0.3) is 0 Å². The number of methoxy groups -OCH3 is 2. The molecule has 0 atom stereocenters. The lowest BCUT2D eigenvalue weighted by Gasteiger charge is -2.17. The summed E-state index contributed by atoms with van der Waals surface area (Å²) >= 11 is 0. The average Bonchev–Trinajstić information content (AvgIpc) is 3.06. The summed E-state index contributed by atoms with van der Waals surface area (Å²) in [6, 6.07) is 13.9. The topological polar surface area (TPSA) is 49.2 Å². The van der Waals surface area contributed by atoms with Gasteiger partial charge in [-0.15, -0.1) is 0 Å². The summed E-state index contributed by atoms with van der Waals surface area (Å²) in [6.45, 7) is 0.826. The van der Waals surface area contributed by atoms with Gasteiger partial charge in [0.05, 0.1) is 14.2 Å². The Hall–Kier alpha value is -2.82. The third kappa shape index (κ3) is 2.34. The highest BCUT2D eigenvalue weighted by atomic mass is 16.5. The number of rotatable bonds is 3. The fourth-order valence-electron chi connectivity index (χ4n) is 2.93. The Bertz CT molecular complexity index is 870. The van der Waals surface area contributed by atoms with Crippen LogP contribution in [-0.2, 0) is 13.0 Å². The van der Waals surface area contributed by atoms with Crippen LogP contribution in [0, 0.1) is 0 Å². The van der Waals surface area contributed by atoms with Gasteiger partial charge in [-0.1, -0.05) is 12.1 Å². The smallest absolute Gasteiger partial charge is 0.181 e. The first-order chi connectivity index (χ1) is 11.3. The van der Waals surface area contributed by atoms with Crippen LogP contribution in [0.2, 0.25) is 0 Å². The van der Waals surface area contributed by atoms with E-state index in [0.29, 0.717) is 0 Å². The average molecular weight is 307 g/mol. The minimum Gasteiger partial charge on any atom is -0.497 e. The molecule has 0 N–H and O–H groups in total. The molecule has 4 rings (SSSR count). The zero-order valence-corrected chi connectivity index (χ0v) is 13.1. The van der Waals surface area contributed by atoms with Crippen molar-refractivity contribution in [2.45, 2.75) is 13.0 Å². The number of hydrogen-bond acceptors (Lipinski definition) is 4. The Kier molecular flexibility index (Phi) is 3.26. The SMILES string of the molecule is COc1cccc(-c2nc3n(n2)CCc2cc(OC)ccc2-3)c1. The molecule has 0 unspecified atom stereocenters. The first kappa shape index (κ1) is 13.8. The van der Waals surface area contributed by atoms with Crippen molar-refractivity contribution in [2.75, 3.05) is 14.2 Å². The van der Waals surface area contributed by atoms with Crippen LogP contribution >= 0.6 is 0 Å². The number of aryl methyl sites for hydroxylation is 2. The Morgan fingerprint density at radius 2 is 1.83 bits per heavy atom. The van der Waals surface area contributed by atoms with E-state index < -0.39 is 0 Å². The van der Waals surface area contributed by atoms with Gasteiger partial charge < -0.3 is 9.47 Å². The molecule has 0 bridgehead atoms. The second-order valence-electron chi connectivity index (χ2n) is 5.49. The zero-order valence-electron chi connectivity index (χ0n) is 13.1. The lowest BCUT2D eigenvalue weighted by molar-refractivity contribution is 0.414. The van der Waals surface area contributed by atoms with Crippen LogP contribution in [0.25, 0.3) is 22.8 Å². The highest BCUT2D eigenvalue weighted by Gasteiger charge is 2.21. The predicted octanol–water partition coefficient (Wildman–Crippen LogP) is 3.19. The zero-order chi connectivity index (χ0) is 15.8. The van der Waals surface area contributed by atoms with Gasteiger partial charge in [-0.05, 0) is 42.3 Å². The second-order valence-corrected chi connectivity index (χ2v) is 5.49. The van der Waals surface area contributed by atoms with E-state index in [0.717, 1.165) is 47.2 Å². The van der Waals surface area contributed by atoms with Gasteiger partial charge in [0.1, 0.15) is 11.5 Å². The molecule has 0 fully saturated rings. The van der Waals surface area contributed by atoms with Crippen LogP contribution in [0.15, 0.2) is 42.5 Å². The lowest BCUT2D eigenvalue weighted by Crippen LogP contribution is -2.12. The summed E-state index contributed by atoms with van der Waals surface area (Å²) in [5.41, 5.74) is 3.33. The summed E-state index contributed by atoms with van der Waals surface area (Å²) in [4.78, 5) is 4.75. The molecule has 1 aliphatic rings. The van der Waals surface area contributed by atoms with Gasteiger partial charge in [-0.3, -0.25) is 0 Å². The molecule has 2 heterocycles. The first-order valence-corrected chi connectivity index (χ1v) is 7.55. The standard InChI is InChI=1S/C18H17N3O2/c1-22-14-5-3-4-13(11-14)17-19-18-16-7-6-15(23-2)10-12(16)8-9-21(18)20-17/h3-7,10-11H,8-9H2,1-2H3. The number of ether oxygens (including phenoxy) is 2. The minimum atomic E-state index is 0.725. The molecule has 0 radical (unpaired) electrons. The molecule has 0 saturated heterocycles. The van der Waals surface area contributed by atoms with Crippen molar-refractivity contribution in [3.63, 3.8) is 0 Å².